The summed E-state index contributed by atoms with van der Waals surface area (Å²) in [7, 11) is 3.25. The van der Waals surface area contributed by atoms with Crippen molar-refractivity contribution in [2.75, 3.05) is 14.2 Å². The van der Waals surface area contributed by atoms with Crippen LogP contribution in [0.4, 0.5) is 0 Å². The van der Waals surface area contributed by atoms with Crippen molar-refractivity contribution < 1.29 is 9.47 Å². The summed E-state index contributed by atoms with van der Waals surface area (Å²) in [5.74, 6) is 1.42. The van der Waals surface area contributed by atoms with Crippen LogP contribution in [0.2, 0.25) is 0 Å². The lowest BCUT2D eigenvalue weighted by Crippen LogP contribution is -1.96. The average molecular weight is 283 g/mol. The van der Waals surface area contributed by atoms with Crippen LogP contribution in [0.3, 0.4) is 0 Å². The van der Waals surface area contributed by atoms with Gasteiger partial charge in [0.25, 0.3) is 0 Å². The largest absolute Gasteiger partial charge is 0.493 e. The normalized spacial score (nSPS) is 12.2. The predicted molar refractivity (Wildman–Crippen MR) is 76.3 cm³/mol. The summed E-state index contributed by atoms with van der Waals surface area (Å²) in [5, 5.41) is 1.91. The van der Waals surface area contributed by atoms with Gasteiger partial charge in [0, 0.05) is 4.88 Å². The first-order chi connectivity index (χ1) is 8.67. The molecule has 0 saturated heterocycles. The van der Waals surface area contributed by atoms with E-state index in [4.69, 9.17) is 21.1 Å². The third kappa shape index (κ3) is 2.47. The maximum absolute atomic E-state index is 6.52. The van der Waals surface area contributed by atoms with Crippen LogP contribution in [0.5, 0.6) is 11.5 Å². The van der Waals surface area contributed by atoms with Gasteiger partial charge in [-0.25, -0.2) is 0 Å². The van der Waals surface area contributed by atoms with Gasteiger partial charge in [-0.15, -0.1) is 22.9 Å². The molecule has 0 aliphatic heterocycles. The summed E-state index contributed by atoms with van der Waals surface area (Å²) in [6, 6.07) is 7.86. The van der Waals surface area contributed by atoms with Crippen LogP contribution in [0.15, 0.2) is 29.6 Å². The number of hydrogen-bond acceptors (Lipinski definition) is 3. The number of hydrogen-bond donors (Lipinski definition) is 0. The number of aryl methyl sites for hydroxylation is 1. The fourth-order valence-corrected chi connectivity index (χ4v) is 3.20. The number of ether oxygens (including phenoxy) is 2. The van der Waals surface area contributed by atoms with Gasteiger partial charge in [0.15, 0.2) is 11.5 Å². The molecule has 0 spiro atoms. The third-order valence-corrected chi connectivity index (χ3v) is 4.52. The molecule has 1 aromatic carbocycles. The van der Waals surface area contributed by atoms with E-state index in [0.29, 0.717) is 11.5 Å². The number of alkyl halides is 1. The van der Waals surface area contributed by atoms with Crippen molar-refractivity contribution in [1.29, 1.82) is 0 Å². The summed E-state index contributed by atoms with van der Waals surface area (Å²) in [6.07, 6.45) is 0. The lowest BCUT2D eigenvalue weighted by Gasteiger charge is -2.13. The number of methoxy groups -OCH3 is 2. The topological polar surface area (TPSA) is 18.5 Å². The van der Waals surface area contributed by atoms with Gasteiger partial charge in [-0.2, -0.15) is 0 Å². The van der Waals surface area contributed by atoms with Crippen molar-refractivity contribution in [3.05, 3.63) is 45.6 Å². The third-order valence-electron chi connectivity index (χ3n) is 2.83. The molecule has 0 bridgehead atoms. The zero-order valence-electron chi connectivity index (χ0n) is 10.6. The molecule has 96 valence electrons. The molecule has 0 amide bonds. The zero-order valence-corrected chi connectivity index (χ0v) is 12.1. The van der Waals surface area contributed by atoms with E-state index in [0.717, 1.165) is 5.56 Å². The Kier molecular flexibility index (Phi) is 4.15. The highest BCUT2D eigenvalue weighted by molar-refractivity contribution is 7.10. The molecule has 0 radical (unpaired) electrons. The highest BCUT2D eigenvalue weighted by atomic mass is 35.5. The molecule has 2 nitrogen and oxygen atoms in total. The maximum Gasteiger partial charge on any atom is 0.161 e. The Morgan fingerprint density at radius 1 is 1.11 bits per heavy atom. The van der Waals surface area contributed by atoms with Crippen molar-refractivity contribution >= 4 is 22.9 Å². The predicted octanol–water partition coefficient (Wildman–Crippen LogP) is 4.40. The molecule has 0 N–H and O–H groups in total. The second-order valence-electron chi connectivity index (χ2n) is 3.94. The number of halogens is 1. The second kappa shape index (κ2) is 5.63. The van der Waals surface area contributed by atoms with E-state index in [-0.39, 0.29) is 5.38 Å². The van der Waals surface area contributed by atoms with E-state index in [9.17, 15) is 0 Å². The monoisotopic (exact) mass is 282 g/mol. The standard InChI is InChI=1S/C14H15ClO2S/c1-9-6-7-18-14(9)13(15)10-4-5-11(16-2)12(8-10)17-3/h4-8,13H,1-3H3. The van der Waals surface area contributed by atoms with E-state index in [2.05, 4.69) is 18.4 Å². The van der Waals surface area contributed by atoms with Crippen molar-refractivity contribution in [3.63, 3.8) is 0 Å². The Morgan fingerprint density at radius 3 is 2.39 bits per heavy atom. The Balaban J connectivity index is 2.37. The van der Waals surface area contributed by atoms with Gasteiger partial charge in [0.1, 0.15) is 0 Å². The van der Waals surface area contributed by atoms with Gasteiger partial charge in [-0.1, -0.05) is 6.07 Å². The Bertz CT molecular complexity index is 536. The Hall–Kier alpha value is -1.19. The highest BCUT2D eigenvalue weighted by Crippen LogP contribution is 2.38. The van der Waals surface area contributed by atoms with Gasteiger partial charge in [-0.3, -0.25) is 0 Å². The van der Waals surface area contributed by atoms with Crippen LogP contribution in [-0.4, -0.2) is 14.2 Å². The minimum absolute atomic E-state index is 0.148. The first kappa shape index (κ1) is 13.2. The maximum atomic E-state index is 6.52. The van der Waals surface area contributed by atoms with Crippen LogP contribution in [-0.2, 0) is 0 Å². The molecule has 1 aromatic heterocycles. The Morgan fingerprint density at radius 2 is 1.83 bits per heavy atom. The fraction of sp³-hybridized carbons (Fsp3) is 0.286. The second-order valence-corrected chi connectivity index (χ2v) is 5.33. The lowest BCUT2D eigenvalue weighted by molar-refractivity contribution is 0.354. The minimum Gasteiger partial charge on any atom is -0.493 e. The Labute approximate surface area is 116 Å². The molecule has 18 heavy (non-hydrogen) atoms. The van der Waals surface area contributed by atoms with Crippen LogP contribution in [0, 0.1) is 6.92 Å². The number of benzene rings is 1. The van der Waals surface area contributed by atoms with E-state index < -0.39 is 0 Å². The molecular formula is C14H15ClO2S. The number of thiophene rings is 1. The molecule has 0 aliphatic rings. The molecular weight excluding hydrogens is 268 g/mol. The lowest BCUT2D eigenvalue weighted by atomic mass is 10.1. The van der Waals surface area contributed by atoms with Gasteiger partial charge in [-0.05, 0) is 41.6 Å². The highest BCUT2D eigenvalue weighted by Gasteiger charge is 2.16. The van der Waals surface area contributed by atoms with Gasteiger partial charge < -0.3 is 9.47 Å². The average Bonchev–Trinajstić information content (AvgIpc) is 2.83. The van der Waals surface area contributed by atoms with Crippen molar-refractivity contribution in [2.45, 2.75) is 12.3 Å². The van der Waals surface area contributed by atoms with Crippen molar-refractivity contribution in [3.8, 4) is 11.5 Å². The summed E-state index contributed by atoms with van der Waals surface area (Å²) < 4.78 is 10.5. The molecule has 1 unspecified atom stereocenters. The van der Waals surface area contributed by atoms with E-state index in [1.54, 1.807) is 25.6 Å². The van der Waals surface area contributed by atoms with Crippen molar-refractivity contribution in [2.24, 2.45) is 0 Å². The van der Waals surface area contributed by atoms with E-state index in [1.165, 1.54) is 10.4 Å². The summed E-state index contributed by atoms with van der Waals surface area (Å²) in [4.78, 5) is 1.17. The van der Waals surface area contributed by atoms with Crippen LogP contribution >= 0.6 is 22.9 Å². The van der Waals surface area contributed by atoms with E-state index >= 15 is 0 Å². The van der Waals surface area contributed by atoms with E-state index in [1.807, 2.05) is 18.2 Å². The van der Waals surface area contributed by atoms with Crippen LogP contribution < -0.4 is 9.47 Å². The quantitative estimate of drug-likeness (QED) is 0.774. The van der Waals surface area contributed by atoms with Crippen LogP contribution in [0.1, 0.15) is 21.4 Å². The SMILES string of the molecule is COc1ccc(C(Cl)c2sccc2C)cc1OC. The molecule has 2 rings (SSSR count). The molecule has 2 aromatic rings. The molecule has 0 aliphatic carbocycles. The molecule has 4 heteroatoms. The summed E-state index contributed by atoms with van der Waals surface area (Å²) in [6.45, 7) is 2.07. The first-order valence-corrected chi connectivity index (χ1v) is 6.89. The van der Waals surface area contributed by atoms with Crippen LogP contribution in [0.25, 0.3) is 0 Å². The fourth-order valence-electron chi connectivity index (χ4n) is 1.81. The summed E-state index contributed by atoms with van der Waals surface area (Å²) in [5.41, 5.74) is 2.23. The van der Waals surface area contributed by atoms with Gasteiger partial charge in [0.05, 0.1) is 19.6 Å². The molecule has 0 fully saturated rings. The molecule has 1 heterocycles. The zero-order chi connectivity index (χ0) is 13.1. The van der Waals surface area contributed by atoms with Gasteiger partial charge in [0.2, 0.25) is 0 Å². The number of rotatable bonds is 4. The minimum atomic E-state index is -0.148. The molecule has 0 saturated carbocycles. The van der Waals surface area contributed by atoms with Crippen molar-refractivity contribution in [1.82, 2.24) is 0 Å². The smallest absolute Gasteiger partial charge is 0.161 e. The molecule has 1 atom stereocenters. The van der Waals surface area contributed by atoms with Gasteiger partial charge >= 0.3 is 0 Å². The summed E-state index contributed by atoms with van der Waals surface area (Å²) >= 11 is 8.19. The first-order valence-electron chi connectivity index (χ1n) is 5.57.